The van der Waals surface area contributed by atoms with Gasteiger partial charge < -0.3 is 10.5 Å². The second-order valence-corrected chi connectivity index (χ2v) is 2.70. The molecule has 0 heterocycles. The molecular formula is C8H15NO2. The lowest BCUT2D eigenvalue weighted by Gasteiger charge is -2.08. The first-order chi connectivity index (χ1) is 5.07. The van der Waals surface area contributed by atoms with Crippen molar-refractivity contribution in [2.24, 2.45) is 11.7 Å². The van der Waals surface area contributed by atoms with Gasteiger partial charge in [0.2, 0.25) is 0 Å². The quantitative estimate of drug-likeness (QED) is 0.484. The largest absolute Gasteiger partial charge is 0.466 e. The Morgan fingerprint density at radius 1 is 1.55 bits per heavy atom. The second kappa shape index (κ2) is 4.91. The molecule has 0 aromatic heterocycles. The van der Waals surface area contributed by atoms with E-state index in [-0.39, 0.29) is 12.0 Å². The molecule has 0 fully saturated rings. The van der Waals surface area contributed by atoms with Crippen molar-refractivity contribution in [1.82, 2.24) is 0 Å². The van der Waals surface area contributed by atoms with Crippen LogP contribution in [0.25, 0.3) is 0 Å². The molecule has 0 spiro atoms. The fourth-order valence-corrected chi connectivity index (χ4v) is 0.480. The van der Waals surface area contributed by atoms with Crippen LogP contribution in [0.2, 0.25) is 0 Å². The van der Waals surface area contributed by atoms with Gasteiger partial charge >= 0.3 is 5.97 Å². The van der Waals surface area contributed by atoms with Gasteiger partial charge in [-0.25, -0.2) is 4.79 Å². The van der Waals surface area contributed by atoms with Crippen LogP contribution in [0.1, 0.15) is 13.8 Å². The first-order valence-corrected chi connectivity index (χ1v) is 3.59. The highest BCUT2D eigenvalue weighted by Crippen LogP contribution is 1.98. The molecule has 11 heavy (non-hydrogen) atoms. The third-order valence-electron chi connectivity index (χ3n) is 1.43. The molecule has 64 valence electrons. The van der Waals surface area contributed by atoms with Crippen LogP contribution in [0.3, 0.4) is 0 Å². The summed E-state index contributed by atoms with van der Waals surface area (Å²) in [6, 6.07) is -0.0749. The molecule has 3 nitrogen and oxygen atoms in total. The zero-order valence-electron chi connectivity index (χ0n) is 7.20. The summed E-state index contributed by atoms with van der Waals surface area (Å²) < 4.78 is 4.40. The molecule has 0 radical (unpaired) electrons. The SMILES string of the molecule is COC(=O)/C=C/[C@@H](N)C(C)C. The van der Waals surface area contributed by atoms with Crippen LogP contribution in [0.4, 0.5) is 0 Å². The molecule has 2 N–H and O–H groups in total. The maximum absolute atomic E-state index is 10.6. The number of esters is 1. The van der Waals surface area contributed by atoms with Crippen LogP contribution in [0.5, 0.6) is 0 Å². The van der Waals surface area contributed by atoms with Gasteiger partial charge in [0, 0.05) is 12.1 Å². The Morgan fingerprint density at radius 2 is 2.09 bits per heavy atom. The summed E-state index contributed by atoms with van der Waals surface area (Å²) in [7, 11) is 1.34. The van der Waals surface area contributed by atoms with E-state index < -0.39 is 0 Å². The van der Waals surface area contributed by atoms with Crippen molar-refractivity contribution in [1.29, 1.82) is 0 Å². The number of carbonyl (C=O) groups excluding carboxylic acids is 1. The van der Waals surface area contributed by atoms with Gasteiger partial charge in [0.15, 0.2) is 0 Å². The molecule has 0 saturated heterocycles. The molecule has 0 amide bonds. The summed E-state index contributed by atoms with van der Waals surface area (Å²) in [5.41, 5.74) is 5.62. The number of methoxy groups -OCH3 is 1. The molecule has 1 atom stereocenters. The third kappa shape index (κ3) is 4.56. The Kier molecular flexibility index (Phi) is 4.54. The zero-order chi connectivity index (χ0) is 8.85. The summed E-state index contributed by atoms with van der Waals surface area (Å²) >= 11 is 0. The molecule has 0 aliphatic heterocycles. The van der Waals surface area contributed by atoms with Crippen molar-refractivity contribution in [2.45, 2.75) is 19.9 Å². The number of ether oxygens (including phenoxy) is 1. The highest BCUT2D eigenvalue weighted by Gasteiger charge is 2.02. The van der Waals surface area contributed by atoms with E-state index in [1.165, 1.54) is 13.2 Å². The van der Waals surface area contributed by atoms with Crippen LogP contribution >= 0.6 is 0 Å². The number of hydrogen-bond acceptors (Lipinski definition) is 3. The Balaban J connectivity index is 3.82. The number of rotatable bonds is 3. The maximum atomic E-state index is 10.6. The number of hydrogen-bond donors (Lipinski definition) is 1. The fourth-order valence-electron chi connectivity index (χ4n) is 0.480. The molecule has 0 aromatic rings. The lowest BCUT2D eigenvalue weighted by Crippen LogP contribution is -2.23. The standard InChI is InChI=1S/C8H15NO2/c1-6(2)7(9)4-5-8(10)11-3/h4-7H,9H2,1-3H3/b5-4+/t7-/m1/s1. The summed E-state index contributed by atoms with van der Waals surface area (Å²) in [6.45, 7) is 3.98. The number of carbonyl (C=O) groups is 1. The van der Waals surface area contributed by atoms with E-state index in [1.807, 2.05) is 13.8 Å². The van der Waals surface area contributed by atoms with Crippen LogP contribution in [-0.2, 0) is 9.53 Å². The second-order valence-electron chi connectivity index (χ2n) is 2.70. The van der Waals surface area contributed by atoms with Gasteiger partial charge in [0.25, 0.3) is 0 Å². The minimum atomic E-state index is -0.360. The molecule has 0 aliphatic carbocycles. The van der Waals surface area contributed by atoms with E-state index in [0.29, 0.717) is 5.92 Å². The smallest absolute Gasteiger partial charge is 0.330 e. The van der Waals surface area contributed by atoms with Crippen molar-refractivity contribution < 1.29 is 9.53 Å². The molecule has 0 bridgehead atoms. The number of nitrogens with two attached hydrogens (primary N) is 1. The van der Waals surface area contributed by atoms with Gasteiger partial charge in [0.1, 0.15) is 0 Å². The minimum absolute atomic E-state index is 0.0749. The average Bonchev–Trinajstić information content (AvgIpc) is 1.99. The highest BCUT2D eigenvalue weighted by atomic mass is 16.5. The lowest BCUT2D eigenvalue weighted by atomic mass is 10.1. The predicted molar refractivity (Wildman–Crippen MR) is 44.0 cm³/mol. The zero-order valence-corrected chi connectivity index (χ0v) is 7.20. The first-order valence-electron chi connectivity index (χ1n) is 3.59. The Morgan fingerprint density at radius 3 is 2.45 bits per heavy atom. The van der Waals surface area contributed by atoms with E-state index in [0.717, 1.165) is 0 Å². The van der Waals surface area contributed by atoms with E-state index >= 15 is 0 Å². The van der Waals surface area contributed by atoms with Crippen molar-refractivity contribution in [3.05, 3.63) is 12.2 Å². The Bertz CT molecular complexity index is 152. The van der Waals surface area contributed by atoms with Gasteiger partial charge in [-0.15, -0.1) is 0 Å². The monoisotopic (exact) mass is 157 g/mol. The van der Waals surface area contributed by atoms with Crippen molar-refractivity contribution in [3.63, 3.8) is 0 Å². The minimum Gasteiger partial charge on any atom is -0.466 e. The van der Waals surface area contributed by atoms with Crippen molar-refractivity contribution in [2.75, 3.05) is 7.11 Å². The molecule has 0 aromatic carbocycles. The normalized spacial score (nSPS) is 13.9. The molecular weight excluding hydrogens is 142 g/mol. The van der Waals surface area contributed by atoms with Crippen molar-refractivity contribution >= 4 is 5.97 Å². The molecule has 0 aliphatic rings. The van der Waals surface area contributed by atoms with E-state index in [4.69, 9.17) is 5.73 Å². The van der Waals surface area contributed by atoms with Crippen LogP contribution in [0.15, 0.2) is 12.2 Å². The first kappa shape index (κ1) is 10.2. The van der Waals surface area contributed by atoms with Gasteiger partial charge in [-0.05, 0) is 5.92 Å². The predicted octanol–water partition coefficient (Wildman–Crippen LogP) is 0.699. The molecule has 3 heteroatoms. The van der Waals surface area contributed by atoms with Crippen LogP contribution in [0, 0.1) is 5.92 Å². The molecule has 0 unspecified atom stereocenters. The average molecular weight is 157 g/mol. The topological polar surface area (TPSA) is 52.3 Å². The Hall–Kier alpha value is -0.830. The Labute approximate surface area is 67.2 Å². The van der Waals surface area contributed by atoms with Crippen molar-refractivity contribution in [3.8, 4) is 0 Å². The van der Waals surface area contributed by atoms with Gasteiger partial charge in [0.05, 0.1) is 7.11 Å². The van der Waals surface area contributed by atoms with E-state index in [1.54, 1.807) is 6.08 Å². The van der Waals surface area contributed by atoms with Gasteiger partial charge in [-0.2, -0.15) is 0 Å². The summed E-state index contributed by atoms with van der Waals surface area (Å²) in [5.74, 6) is -0.0167. The molecule has 0 rings (SSSR count). The van der Waals surface area contributed by atoms with Gasteiger partial charge in [-0.1, -0.05) is 19.9 Å². The van der Waals surface area contributed by atoms with Gasteiger partial charge in [-0.3, -0.25) is 0 Å². The lowest BCUT2D eigenvalue weighted by molar-refractivity contribution is -0.134. The fraction of sp³-hybridized carbons (Fsp3) is 0.625. The van der Waals surface area contributed by atoms with E-state index in [9.17, 15) is 4.79 Å². The summed E-state index contributed by atoms with van der Waals surface area (Å²) in [5, 5.41) is 0. The van der Waals surface area contributed by atoms with E-state index in [2.05, 4.69) is 4.74 Å². The third-order valence-corrected chi connectivity index (χ3v) is 1.43. The van der Waals surface area contributed by atoms with Crippen LogP contribution < -0.4 is 5.73 Å². The summed E-state index contributed by atoms with van der Waals surface area (Å²) in [4.78, 5) is 10.6. The molecule has 0 saturated carbocycles. The highest BCUT2D eigenvalue weighted by molar-refractivity contribution is 5.81. The summed E-state index contributed by atoms with van der Waals surface area (Å²) in [6.07, 6.45) is 3.00. The maximum Gasteiger partial charge on any atom is 0.330 e. The van der Waals surface area contributed by atoms with Crippen LogP contribution in [-0.4, -0.2) is 19.1 Å².